The zero-order valence-corrected chi connectivity index (χ0v) is 12.3. The van der Waals surface area contributed by atoms with Crippen LogP contribution < -0.4 is 14.6 Å². The Balaban J connectivity index is 2.03. The van der Waals surface area contributed by atoms with E-state index in [-0.39, 0.29) is 0 Å². The number of aryl methyl sites for hydroxylation is 2. The first kappa shape index (κ1) is 12.8. The van der Waals surface area contributed by atoms with Crippen LogP contribution in [0.3, 0.4) is 0 Å². The van der Waals surface area contributed by atoms with Gasteiger partial charge in [-0.3, -0.25) is 0 Å². The molecule has 0 amide bonds. The van der Waals surface area contributed by atoms with Gasteiger partial charge in [-0.25, -0.2) is 0 Å². The van der Waals surface area contributed by atoms with Crippen LogP contribution in [-0.4, -0.2) is 0 Å². The molecule has 3 aromatic rings. The molecule has 0 aliphatic heterocycles. The highest BCUT2D eigenvalue weighted by molar-refractivity contribution is 7.11. The zero-order valence-electron chi connectivity index (χ0n) is 11.4. The number of aromatic nitrogens is 2. The smallest absolute Gasteiger partial charge is 0.275 e. The molecule has 20 heavy (non-hydrogen) atoms. The lowest BCUT2D eigenvalue weighted by Gasteiger charge is -1.95. The predicted molar refractivity (Wildman–Crippen MR) is 80.7 cm³/mol. The summed E-state index contributed by atoms with van der Waals surface area (Å²) in [6, 6.07) is 18.4. The van der Waals surface area contributed by atoms with Crippen molar-refractivity contribution in [3.05, 3.63) is 65.0 Å². The second kappa shape index (κ2) is 5.43. The molecule has 100 valence electrons. The molecule has 0 saturated carbocycles. The van der Waals surface area contributed by atoms with Gasteiger partial charge in [0, 0.05) is 0 Å². The maximum Gasteiger partial charge on any atom is 0.275 e. The Morgan fingerprint density at radius 3 is 2.40 bits per heavy atom. The van der Waals surface area contributed by atoms with Gasteiger partial charge in [-0.1, -0.05) is 59.4 Å². The number of rotatable bonds is 2. The lowest BCUT2D eigenvalue weighted by atomic mass is 10.2. The van der Waals surface area contributed by atoms with E-state index in [4.69, 9.17) is 0 Å². The minimum atomic E-state index is 0.772. The first-order valence-corrected chi connectivity index (χ1v) is 7.25. The summed E-state index contributed by atoms with van der Waals surface area (Å²) in [5.74, 6) is 0. The Labute approximate surface area is 121 Å². The molecule has 0 unspecified atom stereocenters. The average molecular weight is 281 g/mol. The fourth-order valence-electron chi connectivity index (χ4n) is 1.95. The molecule has 0 aliphatic rings. The molecule has 0 saturated heterocycles. The van der Waals surface area contributed by atoms with Gasteiger partial charge in [0.2, 0.25) is 0 Å². The summed E-state index contributed by atoms with van der Waals surface area (Å²) in [7, 11) is 1.95. The van der Waals surface area contributed by atoms with Crippen LogP contribution in [0.4, 0.5) is 5.69 Å². The van der Waals surface area contributed by atoms with Crippen molar-refractivity contribution in [3.63, 3.8) is 0 Å². The van der Waals surface area contributed by atoms with Crippen LogP contribution in [0.1, 0.15) is 5.56 Å². The zero-order chi connectivity index (χ0) is 13.9. The summed E-state index contributed by atoms with van der Waals surface area (Å²) < 4.78 is 1.89. The van der Waals surface area contributed by atoms with E-state index >= 15 is 0 Å². The number of nitrogens with zero attached hydrogens (tertiary/aromatic N) is 3. The van der Waals surface area contributed by atoms with E-state index in [0.717, 1.165) is 15.5 Å². The molecule has 0 radical (unpaired) electrons. The first-order chi connectivity index (χ1) is 9.72. The summed E-state index contributed by atoms with van der Waals surface area (Å²) in [6.07, 6.45) is 0. The molecule has 0 aliphatic carbocycles. The normalized spacial score (nSPS) is 11.8. The van der Waals surface area contributed by atoms with Gasteiger partial charge >= 0.3 is 0 Å². The van der Waals surface area contributed by atoms with Gasteiger partial charge < -0.3 is 4.99 Å². The second-order valence-corrected chi connectivity index (χ2v) is 5.58. The van der Waals surface area contributed by atoms with Crippen LogP contribution >= 0.6 is 11.3 Å². The molecular formula is C16H15N3S. The highest BCUT2D eigenvalue weighted by atomic mass is 32.1. The van der Waals surface area contributed by atoms with Crippen LogP contribution in [0, 0.1) is 6.92 Å². The summed E-state index contributed by atoms with van der Waals surface area (Å²) in [6.45, 7) is 2.09. The van der Waals surface area contributed by atoms with Crippen LogP contribution in [-0.2, 0) is 7.05 Å². The van der Waals surface area contributed by atoms with E-state index in [0.29, 0.717) is 0 Å². The molecule has 0 bridgehead atoms. The molecule has 3 rings (SSSR count). The number of hydrogen-bond acceptors (Lipinski definition) is 2. The van der Waals surface area contributed by atoms with Crippen LogP contribution in [0.25, 0.3) is 10.6 Å². The third kappa shape index (κ3) is 2.70. The fraction of sp³-hybridized carbons (Fsp3) is 0.125. The van der Waals surface area contributed by atoms with Gasteiger partial charge in [0.1, 0.15) is 7.05 Å². The Kier molecular flexibility index (Phi) is 3.48. The quantitative estimate of drug-likeness (QED) is 0.664. The van der Waals surface area contributed by atoms with E-state index < -0.39 is 0 Å². The molecule has 2 aromatic carbocycles. The number of para-hydroxylation sites is 1. The van der Waals surface area contributed by atoms with E-state index in [1.165, 1.54) is 11.1 Å². The van der Waals surface area contributed by atoms with Crippen molar-refractivity contribution in [3.8, 4) is 10.6 Å². The van der Waals surface area contributed by atoms with E-state index in [1.807, 2.05) is 42.1 Å². The van der Waals surface area contributed by atoms with Crippen molar-refractivity contribution in [2.24, 2.45) is 12.0 Å². The van der Waals surface area contributed by atoms with Gasteiger partial charge in [0.15, 0.2) is 0 Å². The van der Waals surface area contributed by atoms with Crippen LogP contribution in [0.2, 0.25) is 0 Å². The highest BCUT2D eigenvalue weighted by Crippen LogP contribution is 2.18. The molecule has 0 fully saturated rings. The van der Waals surface area contributed by atoms with Gasteiger partial charge in [0.05, 0.1) is 10.4 Å². The van der Waals surface area contributed by atoms with Crippen LogP contribution in [0.15, 0.2) is 59.6 Å². The molecule has 1 aromatic heterocycles. The third-order valence-electron chi connectivity index (χ3n) is 3.00. The van der Waals surface area contributed by atoms with Crippen molar-refractivity contribution < 1.29 is 4.68 Å². The third-order valence-corrected chi connectivity index (χ3v) is 4.05. The van der Waals surface area contributed by atoms with Gasteiger partial charge in [-0.2, -0.15) is 9.78 Å². The molecule has 0 N–H and O–H groups in total. The largest absolute Gasteiger partial charge is 0.423 e. The number of benzene rings is 2. The van der Waals surface area contributed by atoms with E-state index in [9.17, 15) is 0 Å². The van der Waals surface area contributed by atoms with Crippen molar-refractivity contribution in [2.75, 3.05) is 0 Å². The van der Waals surface area contributed by atoms with E-state index in [1.54, 1.807) is 11.3 Å². The van der Waals surface area contributed by atoms with Gasteiger partial charge in [-0.15, -0.1) is 0 Å². The predicted octanol–water partition coefficient (Wildman–Crippen LogP) is 2.74. The molecule has 4 heteroatoms. The maximum absolute atomic E-state index is 4.55. The SMILES string of the molecule is Cc1ccc(-c2sc(=Nc3ccccc3)[n-][n+]2C)cc1. The maximum atomic E-state index is 4.55. The minimum Gasteiger partial charge on any atom is -0.423 e. The molecular weight excluding hydrogens is 266 g/mol. The number of hydrogen-bond donors (Lipinski definition) is 0. The Morgan fingerprint density at radius 2 is 1.70 bits per heavy atom. The summed E-state index contributed by atoms with van der Waals surface area (Å²) in [5, 5.41) is 5.58. The summed E-state index contributed by atoms with van der Waals surface area (Å²) in [5.41, 5.74) is 3.36. The van der Waals surface area contributed by atoms with Crippen molar-refractivity contribution in [1.82, 2.24) is 5.10 Å². The minimum absolute atomic E-state index is 0.772. The average Bonchev–Trinajstić information content (AvgIpc) is 2.81. The van der Waals surface area contributed by atoms with Gasteiger partial charge in [0.25, 0.3) is 5.01 Å². The Hall–Kier alpha value is -2.20. The van der Waals surface area contributed by atoms with Crippen LogP contribution in [0.5, 0.6) is 0 Å². The Morgan fingerprint density at radius 1 is 1.00 bits per heavy atom. The van der Waals surface area contributed by atoms with Crippen molar-refractivity contribution in [2.45, 2.75) is 6.92 Å². The molecule has 1 heterocycles. The standard InChI is InChI=1S/C16H15N3S/c1-12-8-10-13(11-9-12)15-19(2)18-16(20-15)17-14-6-4-3-5-7-14/h3-11H,1-2H3. The lowest BCUT2D eigenvalue weighted by Crippen LogP contribution is -2.36. The first-order valence-electron chi connectivity index (χ1n) is 6.43. The van der Waals surface area contributed by atoms with Gasteiger partial charge in [-0.05, 0) is 24.7 Å². The fourth-order valence-corrected chi connectivity index (χ4v) is 2.86. The lowest BCUT2D eigenvalue weighted by molar-refractivity contribution is -0.721. The topological polar surface area (TPSA) is 30.3 Å². The second-order valence-electron chi connectivity index (χ2n) is 4.63. The van der Waals surface area contributed by atoms with Crippen molar-refractivity contribution in [1.29, 1.82) is 0 Å². The Bertz CT molecular complexity index is 767. The molecule has 3 nitrogen and oxygen atoms in total. The monoisotopic (exact) mass is 281 g/mol. The molecule has 0 spiro atoms. The summed E-state index contributed by atoms with van der Waals surface area (Å²) >= 11 is 1.60. The van der Waals surface area contributed by atoms with Crippen molar-refractivity contribution >= 4 is 17.0 Å². The summed E-state index contributed by atoms with van der Waals surface area (Å²) in [4.78, 5) is 5.32. The molecule has 0 atom stereocenters. The highest BCUT2D eigenvalue weighted by Gasteiger charge is 2.09. The van der Waals surface area contributed by atoms with E-state index in [2.05, 4.69) is 41.3 Å².